The summed E-state index contributed by atoms with van der Waals surface area (Å²) in [7, 11) is -3.20. The summed E-state index contributed by atoms with van der Waals surface area (Å²) in [6, 6.07) is 4.66. The van der Waals surface area contributed by atoms with Crippen LogP contribution >= 0.6 is 0 Å². The van der Waals surface area contributed by atoms with E-state index in [-0.39, 0.29) is 11.0 Å². The summed E-state index contributed by atoms with van der Waals surface area (Å²) in [5.41, 5.74) is 1.17. The Bertz CT molecular complexity index is 477. The summed E-state index contributed by atoms with van der Waals surface area (Å²) in [6.07, 6.45) is 1.48. The van der Waals surface area contributed by atoms with Crippen LogP contribution in [0.4, 0.5) is 5.69 Å². The third kappa shape index (κ3) is 2.23. The number of nitrogens with one attached hydrogen (secondary N) is 1. The fraction of sp³-hybridized carbons (Fsp3) is 0.400. The molecule has 4 nitrogen and oxygen atoms in total. The van der Waals surface area contributed by atoms with Crippen LogP contribution in [0.15, 0.2) is 18.2 Å². The lowest BCUT2D eigenvalue weighted by Gasteiger charge is -2.08. The van der Waals surface area contributed by atoms with E-state index in [1.54, 1.807) is 19.1 Å². The van der Waals surface area contributed by atoms with Crippen molar-refractivity contribution in [3.05, 3.63) is 23.8 Å². The maximum Gasteiger partial charge on any atom is 0.235 e. The summed E-state index contributed by atoms with van der Waals surface area (Å²) >= 11 is 0. The smallest absolute Gasteiger partial charge is 0.235 e. The van der Waals surface area contributed by atoms with E-state index >= 15 is 0 Å². The van der Waals surface area contributed by atoms with E-state index in [2.05, 4.69) is 4.72 Å². The normalized spacial score (nSPS) is 16.3. The highest BCUT2D eigenvalue weighted by Crippen LogP contribution is 2.30. The molecular weight excluding hydrogens is 214 g/mol. The molecule has 2 N–H and O–H groups in total. The minimum atomic E-state index is -3.20. The average molecular weight is 227 g/mol. The Hall–Kier alpha value is -1.23. The molecule has 0 amide bonds. The zero-order chi connectivity index (χ0) is 11.1. The summed E-state index contributed by atoms with van der Waals surface area (Å²) in [5, 5.41) is 9.06. The van der Waals surface area contributed by atoms with Crippen molar-refractivity contribution in [3.63, 3.8) is 0 Å². The minimum absolute atomic E-state index is 0.171. The van der Waals surface area contributed by atoms with Crippen LogP contribution in [0.25, 0.3) is 0 Å². The van der Waals surface area contributed by atoms with E-state index in [9.17, 15) is 13.5 Å². The molecule has 2 rings (SSSR count). The number of benzene rings is 1. The molecule has 5 heteroatoms. The van der Waals surface area contributed by atoms with Crippen LogP contribution in [0.5, 0.6) is 5.75 Å². The summed E-state index contributed by atoms with van der Waals surface area (Å²) in [4.78, 5) is 0. The average Bonchev–Trinajstić information content (AvgIpc) is 2.93. The van der Waals surface area contributed by atoms with E-state index in [1.165, 1.54) is 6.07 Å². The van der Waals surface area contributed by atoms with E-state index in [4.69, 9.17) is 0 Å². The van der Waals surface area contributed by atoms with Crippen molar-refractivity contribution in [3.8, 4) is 5.75 Å². The van der Waals surface area contributed by atoms with E-state index < -0.39 is 10.0 Å². The number of rotatable bonds is 3. The topological polar surface area (TPSA) is 66.4 Å². The van der Waals surface area contributed by atoms with Crippen LogP contribution in [0.1, 0.15) is 18.4 Å². The second kappa shape index (κ2) is 3.41. The van der Waals surface area contributed by atoms with Gasteiger partial charge in [0.1, 0.15) is 5.75 Å². The van der Waals surface area contributed by atoms with Crippen LogP contribution < -0.4 is 4.72 Å². The number of anilines is 1. The molecule has 0 aromatic heterocycles. The van der Waals surface area contributed by atoms with Gasteiger partial charge in [-0.25, -0.2) is 8.42 Å². The van der Waals surface area contributed by atoms with Gasteiger partial charge in [-0.05, 0) is 43.5 Å². The van der Waals surface area contributed by atoms with Gasteiger partial charge in [0, 0.05) is 5.69 Å². The van der Waals surface area contributed by atoms with Gasteiger partial charge in [0.05, 0.1) is 5.25 Å². The van der Waals surface area contributed by atoms with Crippen LogP contribution in [0, 0.1) is 6.92 Å². The maximum atomic E-state index is 11.6. The lowest BCUT2D eigenvalue weighted by Crippen LogP contribution is -2.17. The summed E-state index contributed by atoms with van der Waals surface area (Å²) < 4.78 is 25.7. The van der Waals surface area contributed by atoms with Gasteiger partial charge in [0.25, 0.3) is 0 Å². The number of sulfonamides is 1. The predicted octanol–water partition coefficient (Wildman–Crippen LogP) is 1.60. The van der Waals surface area contributed by atoms with Crippen molar-refractivity contribution in [2.75, 3.05) is 4.72 Å². The van der Waals surface area contributed by atoms with Crippen LogP contribution in [0.2, 0.25) is 0 Å². The Morgan fingerprint density at radius 3 is 2.60 bits per heavy atom. The Labute approximate surface area is 89.0 Å². The van der Waals surface area contributed by atoms with E-state index in [1.807, 2.05) is 0 Å². The third-order valence-electron chi connectivity index (χ3n) is 2.42. The number of hydrogen-bond donors (Lipinski definition) is 2. The highest BCUT2D eigenvalue weighted by Gasteiger charge is 2.35. The fourth-order valence-electron chi connectivity index (χ4n) is 1.34. The van der Waals surface area contributed by atoms with Crippen LogP contribution in [-0.4, -0.2) is 18.8 Å². The largest absolute Gasteiger partial charge is 0.508 e. The van der Waals surface area contributed by atoms with Gasteiger partial charge in [0.2, 0.25) is 10.0 Å². The number of aryl methyl sites for hydroxylation is 1. The number of phenolic OH excluding ortho intramolecular Hbond substituents is 1. The molecular formula is C10H13NO3S. The van der Waals surface area contributed by atoms with Gasteiger partial charge in [-0.2, -0.15) is 0 Å². The summed E-state index contributed by atoms with van der Waals surface area (Å²) in [5.74, 6) is 0.171. The van der Waals surface area contributed by atoms with Crippen molar-refractivity contribution in [1.82, 2.24) is 0 Å². The zero-order valence-electron chi connectivity index (χ0n) is 8.40. The lowest BCUT2D eigenvalue weighted by atomic mass is 10.2. The van der Waals surface area contributed by atoms with Gasteiger partial charge in [-0.3, -0.25) is 4.72 Å². The minimum Gasteiger partial charge on any atom is -0.508 e. The first-order valence-electron chi connectivity index (χ1n) is 4.80. The van der Waals surface area contributed by atoms with Crippen molar-refractivity contribution in [2.45, 2.75) is 25.0 Å². The van der Waals surface area contributed by atoms with Crippen molar-refractivity contribution in [2.24, 2.45) is 0 Å². The molecule has 15 heavy (non-hydrogen) atoms. The number of hydrogen-bond acceptors (Lipinski definition) is 3. The molecule has 0 radical (unpaired) electrons. The van der Waals surface area contributed by atoms with Gasteiger partial charge in [-0.15, -0.1) is 0 Å². The monoisotopic (exact) mass is 227 g/mol. The molecule has 1 saturated carbocycles. The number of phenols is 1. The fourth-order valence-corrected chi connectivity index (χ4v) is 2.72. The van der Waals surface area contributed by atoms with Crippen molar-refractivity contribution < 1.29 is 13.5 Å². The molecule has 1 aromatic carbocycles. The van der Waals surface area contributed by atoms with Gasteiger partial charge < -0.3 is 5.11 Å². The molecule has 1 aliphatic rings. The van der Waals surface area contributed by atoms with E-state index in [0.29, 0.717) is 11.3 Å². The Morgan fingerprint density at radius 1 is 1.40 bits per heavy atom. The highest BCUT2D eigenvalue weighted by atomic mass is 32.2. The lowest BCUT2D eigenvalue weighted by molar-refractivity contribution is 0.471. The Morgan fingerprint density at radius 2 is 2.07 bits per heavy atom. The zero-order valence-corrected chi connectivity index (χ0v) is 9.21. The van der Waals surface area contributed by atoms with Crippen molar-refractivity contribution in [1.29, 1.82) is 0 Å². The first kappa shape index (κ1) is 10.3. The first-order valence-corrected chi connectivity index (χ1v) is 6.35. The standard InChI is InChI=1S/C10H13NO3S/c1-7-6-8(2-5-10(7)12)11-15(13,14)9-3-4-9/h2,5-6,9,11-12H,3-4H2,1H3. The van der Waals surface area contributed by atoms with Crippen LogP contribution in [-0.2, 0) is 10.0 Å². The van der Waals surface area contributed by atoms with E-state index in [0.717, 1.165) is 12.8 Å². The molecule has 1 fully saturated rings. The third-order valence-corrected chi connectivity index (χ3v) is 4.29. The molecule has 0 bridgehead atoms. The van der Waals surface area contributed by atoms with Crippen molar-refractivity contribution >= 4 is 15.7 Å². The van der Waals surface area contributed by atoms with Crippen LogP contribution in [0.3, 0.4) is 0 Å². The van der Waals surface area contributed by atoms with Gasteiger partial charge >= 0.3 is 0 Å². The molecule has 0 atom stereocenters. The van der Waals surface area contributed by atoms with Gasteiger partial charge in [0.15, 0.2) is 0 Å². The quantitative estimate of drug-likeness (QED) is 0.771. The second-order valence-electron chi connectivity index (χ2n) is 3.85. The maximum absolute atomic E-state index is 11.6. The number of aromatic hydroxyl groups is 1. The predicted molar refractivity (Wildman–Crippen MR) is 58.4 cm³/mol. The molecule has 1 aromatic rings. The second-order valence-corrected chi connectivity index (χ2v) is 5.81. The van der Waals surface area contributed by atoms with Gasteiger partial charge in [-0.1, -0.05) is 0 Å². The molecule has 1 aliphatic carbocycles. The molecule has 0 unspecified atom stereocenters. The highest BCUT2D eigenvalue weighted by molar-refractivity contribution is 7.93. The molecule has 0 aliphatic heterocycles. The Kier molecular flexibility index (Phi) is 2.34. The summed E-state index contributed by atoms with van der Waals surface area (Å²) in [6.45, 7) is 1.73. The molecule has 0 saturated heterocycles. The molecule has 82 valence electrons. The molecule has 0 spiro atoms. The molecule has 0 heterocycles. The SMILES string of the molecule is Cc1cc(NS(=O)(=O)C2CC2)ccc1O. The Balaban J connectivity index is 2.21. The first-order chi connectivity index (χ1) is 6.99.